The van der Waals surface area contributed by atoms with E-state index in [2.05, 4.69) is 12.2 Å². The molecule has 2 rings (SSSR count). The lowest BCUT2D eigenvalue weighted by atomic mass is 9.89. The Morgan fingerprint density at radius 2 is 2.29 bits per heavy atom. The van der Waals surface area contributed by atoms with E-state index in [-0.39, 0.29) is 11.9 Å². The zero-order chi connectivity index (χ0) is 15.2. The van der Waals surface area contributed by atoms with Crippen LogP contribution in [0.2, 0.25) is 5.02 Å². The fraction of sp³-hybridized carbons (Fsp3) is 0.625. The van der Waals surface area contributed by atoms with E-state index >= 15 is 0 Å². The summed E-state index contributed by atoms with van der Waals surface area (Å²) in [5, 5.41) is 13.3. The molecule has 1 saturated carbocycles. The highest BCUT2D eigenvalue weighted by molar-refractivity contribution is 6.33. The van der Waals surface area contributed by atoms with Crippen LogP contribution in [0.15, 0.2) is 18.2 Å². The lowest BCUT2D eigenvalue weighted by Crippen LogP contribution is -2.30. The second-order valence-corrected chi connectivity index (χ2v) is 6.29. The summed E-state index contributed by atoms with van der Waals surface area (Å²) in [6.45, 7) is 2.88. The molecule has 0 aromatic heterocycles. The lowest BCUT2D eigenvalue weighted by molar-refractivity contribution is -0.0274. The van der Waals surface area contributed by atoms with Gasteiger partial charge < -0.3 is 15.2 Å². The van der Waals surface area contributed by atoms with Gasteiger partial charge in [0.2, 0.25) is 0 Å². The van der Waals surface area contributed by atoms with Crippen LogP contribution in [0.3, 0.4) is 0 Å². The van der Waals surface area contributed by atoms with Crippen LogP contribution in [0.25, 0.3) is 0 Å². The molecule has 3 unspecified atom stereocenters. The van der Waals surface area contributed by atoms with Gasteiger partial charge in [-0.3, -0.25) is 0 Å². The Labute approximate surface area is 130 Å². The number of nitrogens with one attached hydrogen (secondary N) is 1. The third kappa shape index (κ3) is 5.46. The maximum absolute atomic E-state index is 12.9. The van der Waals surface area contributed by atoms with Crippen molar-refractivity contribution >= 4 is 17.3 Å². The summed E-state index contributed by atoms with van der Waals surface area (Å²) in [6, 6.07) is 4.14. The minimum Gasteiger partial charge on any atom is -0.389 e. The Bertz CT molecular complexity index is 458. The van der Waals surface area contributed by atoms with Crippen LogP contribution in [-0.4, -0.2) is 30.5 Å². The number of hydrogen-bond acceptors (Lipinski definition) is 3. The Hall–Kier alpha value is -0.840. The molecular formula is C16H23ClFNO2. The minimum absolute atomic E-state index is 0.262. The molecule has 2 N–H and O–H groups in total. The molecule has 5 heteroatoms. The third-order valence-corrected chi connectivity index (χ3v) is 4.18. The Morgan fingerprint density at radius 3 is 3.00 bits per heavy atom. The van der Waals surface area contributed by atoms with Crippen LogP contribution in [0.4, 0.5) is 10.1 Å². The maximum Gasteiger partial charge on any atom is 0.124 e. The monoisotopic (exact) mass is 315 g/mol. The van der Waals surface area contributed by atoms with E-state index in [1.165, 1.54) is 25.0 Å². The van der Waals surface area contributed by atoms with Gasteiger partial charge >= 0.3 is 0 Å². The number of ether oxygens (including phenoxy) is 1. The minimum atomic E-state index is -0.608. The summed E-state index contributed by atoms with van der Waals surface area (Å²) in [5.41, 5.74) is 0.614. The van der Waals surface area contributed by atoms with Crippen LogP contribution in [0, 0.1) is 11.7 Å². The molecule has 3 nitrogen and oxygen atoms in total. The van der Waals surface area contributed by atoms with Crippen molar-refractivity contribution in [3.05, 3.63) is 29.0 Å². The lowest BCUT2D eigenvalue weighted by Gasteiger charge is -2.27. The number of anilines is 1. The van der Waals surface area contributed by atoms with Crippen molar-refractivity contribution in [2.24, 2.45) is 5.92 Å². The van der Waals surface area contributed by atoms with E-state index in [1.807, 2.05) is 0 Å². The largest absolute Gasteiger partial charge is 0.389 e. The van der Waals surface area contributed by atoms with Crippen LogP contribution < -0.4 is 5.32 Å². The molecule has 0 aliphatic heterocycles. The zero-order valence-corrected chi connectivity index (χ0v) is 13.1. The second-order valence-electron chi connectivity index (χ2n) is 5.89. The Kier molecular flexibility index (Phi) is 6.27. The van der Waals surface area contributed by atoms with Gasteiger partial charge in [0.25, 0.3) is 0 Å². The summed E-state index contributed by atoms with van der Waals surface area (Å²) in [6.07, 6.45) is 4.28. The number of benzene rings is 1. The summed E-state index contributed by atoms with van der Waals surface area (Å²) < 4.78 is 18.7. The molecule has 3 atom stereocenters. The van der Waals surface area contributed by atoms with Crippen molar-refractivity contribution in [1.29, 1.82) is 0 Å². The zero-order valence-electron chi connectivity index (χ0n) is 12.3. The van der Waals surface area contributed by atoms with Crippen molar-refractivity contribution in [2.75, 3.05) is 18.5 Å². The quantitative estimate of drug-likeness (QED) is 0.838. The molecule has 0 heterocycles. The van der Waals surface area contributed by atoms with Crippen molar-refractivity contribution in [1.82, 2.24) is 0 Å². The van der Waals surface area contributed by atoms with Gasteiger partial charge in [-0.15, -0.1) is 0 Å². The van der Waals surface area contributed by atoms with Crippen molar-refractivity contribution < 1.29 is 14.2 Å². The Balaban J connectivity index is 1.70. The number of aliphatic hydroxyl groups is 1. The van der Waals surface area contributed by atoms with Crippen molar-refractivity contribution in [3.8, 4) is 0 Å². The molecular weight excluding hydrogens is 293 g/mol. The number of rotatable bonds is 6. The molecule has 1 aliphatic carbocycles. The van der Waals surface area contributed by atoms with Crippen LogP contribution >= 0.6 is 11.6 Å². The molecule has 21 heavy (non-hydrogen) atoms. The van der Waals surface area contributed by atoms with Gasteiger partial charge in [0.05, 0.1) is 29.5 Å². The molecule has 1 fully saturated rings. The highest BCUT2D eigenvalue weighted by Gasteiger charge is 2.20. The van der Waals surface area contributed by atoms with Gasteiger partial charge in [0.1, 0.15) is 5.82 Å². The molecule has 1 aliphatic rings. The first-order chi connectivity index (χ1) is 10.0. The number of hydrogen-bond donors (Lipinski definition) is 2. The fourth-order valence-electron chi connectivity index (χ4n) is 2.70. The molecule has 1 aromatic carbocycles. The summed E-state index contributed by atoms with van der Waals surface area (Å²) in [7, 11) is 0. The van der Waals surface area contributed by atoms with Crippen molar-refractivity contribution in [3.63, 3.8) is 0 Å². The molecule has 0 spiro atoms. The van der Waals surface area contributed by atoms with Gasteiger partial charge in [0.15, 0.2) is 0 Å². The predicted molar refractivity (Wildman–Crippen MR) is 83.3 cm³/mol. The van der Waals surface area contributed by atoms with Crippen LogP contribution in [0.1, 0.15) is 32.6 Å². The SMILES string of the molecule is CC1CCCC(OCC(O)CNc2ccc(F)cc2Cl)C1. The molecule has 0 amide bonds. The molecule has 0 bridgehead atoms. The average Bonchev–Trinajstić information content (AvgIpc) is 2.44. The normalized spacial score (nSPS) is 23.8. The van der Waals surface area contributed by atoms with Gasteiger partial charge in [-0.1, -0.05) is 31.4 Å². The van der Waals surface area contributed by atoms with Gasteiger partial charge in [0, 0.05) is 6.54 Å². The topological polar surface area (TPSA) is 41.5 Å². The van der Waals surface area contributed by atoms with Gasteiger partial charge in [-0.05, 0) is 37.0 Å². The second kappa shape index (κ2) is 7.97. The van der Waals surface area contributed by atoms with Crippen LogP contribution in [-0.2, 0) is 4.74 Å². The molecule has 118 valence electrons. The fourth-order valence-corrected chi connectivity index (χ4v) is 2.93. The first kappa shape index (κ1) is 16.5. The van der Waals surface area contributed by atoms with Crippen LogP contribution in [0.5, 0.6) is 0 Å². The van der Waals surface area contributed by atoms with E-state index in [4.69, 9.17) is 16.3 Å². The summed E-state index contributed by atoms with van der Waals surface area (Å²) in [5.74, 6) is 0.331. The number of halogens is 2. The number of aliphatic hydroxyl groups excluding tert-OH is 1. The predicted octanol–water partition coefficient (Wildman–Crippen LogP) is 3.85. The van der Waals surface area contributed by atoms with E-state index in [9.17, 15) is 9.50 Å². The van der Waals surface area contributed by atoms with E-state index < -0.39 is 6.10 Å². The molecule has 0 radical (unpaired) electrons. The highest BCUT2D eigenvalue weighted by atomic mass is 35.5. The standard InChI is InChI=1S/C16H23ClFNO2/c1-11-3-2-4-14(7-11)21-10-13(20)9-19-16-6-5-12(18)8-15(16)17/h5-6,8,11,13-14,19-20H,2-4,7,9-10H2,1H3. The van der Waals surface area contributed by atoms with E-state index in [0.29, 0.717) is 29.8 Å². The smallest absolute Gasteiger partial charge is 0.124 e. The van der Waals surface area contributed by atoms with E-state index in [1.54, 1.807) is 6.07 Å². The van der Waals surface area contributed by atoms with Crippen molar-refractivity contribution in [2.45, 2.75) is 44.8 Å². The molecule has 0 saturated heterocycles. The van der Waals surface area contributed by atoms with Gasteiger partial charge in [-0.2, -0.15) is 0 Å². The third-order valence-electron chi connectivity index (χ3n) is 3.87. The average molecular weight is 316 g/mol. The first-order valence-corrected chi connectivity index (χ1v) is 7.91. The first-order valence-electron chi connectivity index (χ1n) is 7.53. The van der Waals surface area contributed by atoms with Gasteiger partial charge in [-0.25, -0.2) is 4.39 Å². The van der Waals surface area contributed by atoms with E-state index in [0.717, 1.165) is 12.8 Å². The maximum atomic E-state index is 12.9. The summed E-state index contributed by atoms with van der Waals surface area (Å²) >= 11 is 5.91. The summed E-state index contributed by atoms with van der Waals surface area (Å²) in [4.78, 5) is 0. The Morgan fingerprint density at radius 1 is 1.48 bits per heavy atom. The highest BCUT2D eigenvalue weighted by Crippen LogP contribution is 2.26. The molecule has 1 aromatic rings.